The van der Waals surface area contributed by atoms with Crippen LogP contribution in [-0.2, 0) is 9.59 Å². The molecule has 16 heavy (non-hydrogen) atoms. The van der Waals surface area contributed by atoms with Crippen molar-refractivity contribution in [3.63, 3.8) is 0 Å². The van der Waals surface area contributed by atoms with E-state index in [-0.39, 0.29) is 24.6 Å². The summed E-state index contributed by atoms with van der Waals surface area (Å²) in [6, 6.07) is 5.42. The van der Waals surface area contributed by atoms with Gasteiger partial charge in [0.15, 0.2) is 5.78 Å². The summed E-state index contributed by atoms with van der Waals surface area (Å²) in [4.78, 5) is 21.9. The lowest BCUT2D eigenvalue weighted by Gasteiger charge is -2.07. The lowest BCUT2D eigenvalue weighted by molar-refractivity contribution is -0.127. The van der Waals surface area contributed by atoms with Crippen LogP contribution < -0.4 is 4.74 Å². The van der Waals surface area contributed by atoms with Crippen molar-refractivity contribution in [2.45, 2.75) is 13.3 Å². The van der Waals surface area contributed by atoms with E-state index in [4.69, 9.17) is 4.74 Å². The predicted octanol–water partition coefficient (Wildman–Crippen LogP) is 3.14. The molecule has 86 valence electrons. The van der Waals surface area contributed by atoms with E-state index in [1.165, 1.54) is 6.92 Å². The molecule has 1 aromatic rings. The van der Waals surface area contributed by atoms with Crippen LogP contribution in [0.15, 0.2) is 27.1 Å². The molecule has 0 amide bonds. The van der Waals surface area contributed by atoms with Gasteiger partial charge in [0.05, 0.1) is 10.9 Å². The van der Waals surface area contributed by atoms with Gasteiger partial charge in [-0.1, -0.05) is 15.9 Å². The maximum atomic E-state index is 11.3. The molecule has 0 aliphatic heterocycles. The number of hydrogen-bond acceptors (Lipinski definition) is 3. The number of Topliss-reactive ketones (excluding diaryl/α,β-unsaturated/α-hetero) is 2. The summed E-state index contributed by atoms with van der Waals surface area (Å²) in [7, 11) is 0. The molecule has 1 rings (SSSR count). The SMILES string of the molecule is CC(=O)CC(=O)COc1cc(Br)ccc1Br. The van der Waals surface area contributed by atoms with Gasteiger partial charge in [-0.2, -0.15) is 0 Å². The summed E-state index contributed by atoms with van der Waals surface area (Å²) in [5.41, 5.74) is 0. The lowest BCUT2D eigenvalue weighted by atomic mass is 10.2. The molecule has 1 aromatic carbocycles. The first-order valence-corrected chi connectivity index (χ1v) is 6.16. The third-order valence-corrected chi connectivity index (χ3v) is 2.88. The van der Waals surface area contributed by atoms with Gasteiger partial charge in [-0.3, -0.25) is 9.59 Å². The van der Waals surface area contributed by atoms with Crippen LogP contribution in [-0.4, -0.2) is 18.2 Å². The van der Waals surface area contributed by atoms with Gasteiger partial charge in [0.25, 0.3) is 0 Å². The van der Waals surface area contributed by atoms with E-state index in [0.29, 0.717) is 5.75 Å². The Labute approximate surface area is 110 Å². The van der Waals surface area contributed by atoms with E-state index in [9.17, 15) is 9.59 Å². The maximum absolute atomic E-state index is 11.3. The molecular formula is C11H10Br2O3. The fourth-order valence-electron chi connectivity index (χ4n) is 1.07. The highest BCUT2D eigenvalue weighted by Crippen LogP contribution is 2.28. The van der Waals surface area contributed by atoms with Gasteiger partial charge in [0, 0.05) is 4.47 Å². The average Bonchev–Trinajstić information content (AvgIpc) is 2.18. The van der Waals surface area contributed by atoms with Gasteiger partial charge in [-0.15, -0.1) is 0 Å². The molecule has 0 fully saturated rings. The van der Waals surface area contributed by atoms with E-state index in [1.54, 1.807) is 6.07 Å². The summed E-state index contributed by atoms with van der Waals surface area (Å²) in [6.45, 7) is 1.29. The Morgan fingerprint density at radius 2 is 2.00 bits per heavy atom. The number of ether oxygens (including phenoxy) is 1. The molecule has 0 saturated heterocycles. The first-order valence-electron chi connectivity index (χ1n) is 4.58. The summed E-state index contributed by atoms with van der Waals surface area (Å²) in [6.07, 6.45) is -0.0778. The fraction of sp³-hybridized carbons (Fsp3) is 0.273. The van der Waals surface area contributed by atoms with E-state index in [2.05, 4.69) is 31.9 Å². The largest absolute Gasteiger partial charge is 0.485 e. The summed E-state index contributed by atoms with van der Waals surface area (Å²) in [5, 5.41) is 0. The van der Waals surface area contributed by atoms with Gasteiger partial charge < -0.3 is 4.74 Å². The Hall–Kier alpha value is -0.680. The minimum atomic E-state index is -0.223. The molecule has 0 aromatic heterocycles. The predicted molar refractivity (Wildman–Crippen MR) is 67.6 cm³/mol. The van der Waals surface area contributed by atoms with E-state index >= 15 is 0 Å². The van der Waals surface area contributed by atoms with Crippen LogP contribution in [0.25, 0.3) is 0 Å². The zero-order valence-electron chi connectivity index (χ0n) is 8.63. The number of benzene rings is 1. The summed E-state index contributed by atoms with van der Waals surface area (Å²) in [5.74, 6) is 0.201. The Balaban J connectivity index is 2.57. The van der Waals surface area contributed by atoms with Crippen molar-refractivity contribution in [3.8, 4) is 5.75 Å². The Morgan fingerprint density at radius 3 is 2.62 bits per heavy atom. The van der Waals surface area contributed by atoms with Crippen LogP contribution in [0.2, 0.25) is 0 Å². The van der Waals surface area contributed by atoms with Gasteiger partial charge in [-0.25, -0.2) is 0 Å². The molecule has 0 spiro atoms. The Morgan fingerprint density at radius 1 is 1.31 bits per heavy atom. The van der Waals surface area contributed by atoms with Crippen LogP contribution in [0.3, 0.4) is 0 Å². The van der Waals surface area contributed by atoms with Gasteiger partial charge in [0.2, 0.25) is 0 Å². The number of carbonyl (C=O) groups is 2. The molecule has 0 radical (unpaired) electrons. The molecule has 0 heterocycles. The highest BCUT2D eigenvalue weighted by molar-refractivity contribution is 9.11. The zero-order chi connectivity index (χ0) is 12.1. The highest BCUT2D eigenvalue weighted by atomic mass is 79.9. The quantitative estimate of drug-likeness (QED) is 0.767. The number of carbonyl (C=O) groups excluding carboxylic acids is 2. The molecule has 0 N–H and O–H groups in total. The molecule has 5 heteroatoms. The normalized spacial score (nSPS) is 9.94. The van der Waals surface area contributed by atoms with Crippen molar-refractivity contribution in [2.24, 2.45) is 0 Å². The minimum Gasteiger partial charge on any atom is -0.485 e. The van der Waals surface area contributed by atoms with E-state index in [1.807, 2.05) is 12.1 Å². The van der Waals surface area contributed by atoms with Crippen molar-refractivity contribution in [2.75, 3.05) is 6.61 Å². The van der Waals surface area contributed by atoms with Crippen LogP contribution >= 0.6 is 31.9 Å². The fourth-order valence-corrected chi connectivity index (χ4v) is 1.78. The number of hydrogen-bond donors (Lipinski definition) is 0. The Bertz CT molecular complexity index is 416. The first kappa shape index (κ1) is 13.4. The van der Waals surface area contributed by atoms with Crippen molar-refractivity contribution in [1.82, 2.24) is 0 Å². The standard InChI is InChI=1S/C11H10Br2O3/c1-7(14)4-9(15)6-16-11-5-8(12)2-3-10(11)13/h2-3,5H,4,6H2,1H3. The van der Waals surface area contributed by atoms with Crippen molar-refractivity contribution in [1.29, 1.82) is 0 Å². The van der Waals surface area contributed by atoms with Crippen LogP contribution in [0.5, 0.6) is 5.75 Å². The van der Waals surface area contributed by atoms with Crippen LogP contribution in [0.1, 0.15) is 13.3 Å². The molecule has 0 aliphatic rings. The lowest BCUT2D eigenvalue weighted by Crippen LogP contribution is -2.14. The third kappa shape index (κ3) is 4.45. The summed E-state index contributed by atoms with van der Waals surface area (Å²) < 4.78 is 6.94. The van der Waals surface area contributed by atoms with Gasteiger partial charge >= 0.3 is 0 Å². The number of rotatable bonds is 5. The second-order valence-electron chi connectivity index (χ2n) is 3.28. The molecule has 0 unspecified atom stereocenters. The van der Waals surface area contributed by atoms with Crippen molar-refractivity contribution < 1.29 is 14.3 Å². The van der Waals surface area contributed by atoms with Gasteiger partial charge in [-0.05, 0) is 41.1 Å². The average molecular weight is 350 g/mol. The molecule has 0 bridgehead atoms. The second-order valence-corrected chi connectivity index (χ2v) is 5.05. The minimum absolute atomic E-state index is 0.0778. The summed E-state index contributed by atoms with van der Waals surface area (Å²) >= 11 is 6.61. The third-order valence-electron chi connectivity index (χ3n) is 1.73. The van der Waals surface area contributed by atoms with Crippen LogP contribution in [0.4, 0.5) is 0 Å². The Kier molecular flexibility index (Phi) is 5.15. The molecular weight excluding hydrogens is 340 g/mol. The van der Waals surface area contributed by atoms with E-state index < -0.39 is 0 Å². The van der Waals surface area contributed by atoms with Crippen molar-refractivity contribution in [3.05, 3.63) is 27.1 Å². The topological polar surface area (TPSA) is 43.4 Å². The smallest absolute Gasteiger partial charge is 0.177 e. The number of ketones is 2. The number of halogens is 2. The molecule has 3 nitrogen and oxygen atoms in total. The van der Waals surface area contributed by atoms with Gasteiger partial charge in [0.1, 0.15) is 18.1 Å². The second kappa shape index (κ2) is 6.15. The van der Waals surface area contributed by atoms with Crippen molar-refractivity contribution >= 4 is 43.4 Å². The maximum Gasteiger partial charge on any atom is 0.177 e. The zero-order valence-corrected chi connectivity index (χ0v) is 11.8. The molecule has 0 aliphatic carbocycles. The molecule has 0 saturated carbocycles. The van der Waals surface area contributed by atoms with E-state index in [0.717, 1.165) is 8.95 Å². The molecule has 0 atom stereocenters. The highest BCUT2D eigenvalue weighted by Gasteiger charge is 2.08. The van der Waals surface area contributed by atoms with Crippen LogP contribution in [0, 0.1) is 0 Å². The monoisotopic (exact) mass is 348 g/mol. The first-order chi connectivity index (χ1) is 7.49.